The molecular formula is C27H50N5O6P. The molecule has 0 aliphatic heterocycles. The van der Waals surface area contributed by atoms with Crippen molar-refractivity contribution in [2.75, 3.05) is 45.1 Å². The number of anilines is 1. The van der Waals surface area contributed by atoms with Crippen molar-refractivity contribution in [1.82, 2.24) is 19.5 Å². The van der Waals surface area contributed by atoms with Gasteiger partial charge in [0.05, 0.1) is 25.6 Å². The maximum absolute atomic E-state index is 12.3. The van der Waals surface area contributed by atoms with Crippen molar-refractivity contribution in [3.8, 4) is 0 Å². The molecule has 0 aliphatic carbocycles. The second-order valence-electron chi connectivity index (χ2n) is 10.0. The Hall–Kier alpha value is -1.62. The lowest BCUT2D eigenvalue weighted by Crippen LogP contribution is -2.17. The number of hydrogen-bond donors (Lipinski definition) is 2. The van der Waals surface area contributed by atoms with Crippen LogP contribution < -0.4 is 5.73 Å². The average Bonchev–Trinajstić information content (AvgIpc) is 3.32. The highest BCUT2D eigenvalue weighted by Gasteiger charge is 2.21. The number of nitrogens with two attached hydrogens (primary N) is 1. The van der Waals surface area contributed by atoms with Crippen molar-refractivity contribution in [2.45, 2.75) is 104 Å². The Bertz CT molecular complexity index is 947. The number of nitrogens with zero attached hydrogens (tertiary/aromatic N) is 4. The molecule has 3 N–H and O–H groups in total. The molecule has 0 amide bonds. The van der Waals surface area contributed by atoms with Gasteiger partial charge in [0.2, 0.25) is 0 Å². The van der Waals surface area contributed by atoms with Crippen LogP contribution in [0.25, 0.3) is 11.2 Å². The van der Waals surface area contributed by atoms with Gasteiger partial charge >= 0.3 is 7.60 Å². The summed E-state index contributed by atoms with van der Waals surface area (Å²) in [7, 11) is -3.82. The van der Waals surface area contributed by atoms with E-state index in [1.165, 1.54) is 44.9 Å². The molecule has 0 fully saturated rings. The molecule has 0 radical (unpaired) electrons. The standard InChI is InChI=1S/C27H50N5O6P/c1-3-4-5-6-7-10-15-35-16-11-8-12-17-36-18-13-9-14-19-38-39(33,34)23-37-24(2)20-32-22-31-25-26(28)29-21-30-27(25)32/h21-22,24H,3-20,23H2,1-2H3,(H,33,34)(H2,28,29,30)/t24-/m1/s1. The number of rotatable bonds is 25. The second kappa shape index (κ2) is 20.3. The Morgan fingerprint density at radius 3 is 2.08 bits per heavy atom. The number of nitrogen functional groups attached to an aromatic ring is 1. The van der Waals surface area contributed by atoms with Gasteiger partial charge < -0.3 is 33.9 Å². The molecule has 2 rings (SSSR count). The molecule has 0 saturated heterocycles. The van der Waals surface area contributed by atoms with Crippen LogP contribution in [0, 0.1) is 0 Å². The van der Waals surface area contributed by atoms with E-state index in [9.17, 15) is 9.46 Å². The summed E-state index contributed by atoms with van der Waals surface area (Å²) >= 11 is 0. The molecule has 2 atom stereocenters. The molecule has 224 valence electrons. The molecule has 11 nitrogen and oxygen atoms in total. The first-order chi connectivity index (χ1) is 18.9. The van der Waals surface area contributed by atoms with E-state index in [2.05, 4.69) is 21.9 Å². The summed E-state index contributed by atoms with van der Waals surface area (Å²) in [5, 5.41) is 0. The van der Waals surface area contributed by atoms with E-state index < -0.39 is 7.60 Å². The van der Waals surface area contributed by atoms with Crippen molar-refractivity contribution in [3.05, 3.63) is 12.7 Å². The molecule has 0 aliphatic rings. The van der Waals surface area contributed by atoms with Crippen LogP contribution in [0.5, 0.6) is 0 Å². The minimum Gasteiger partial charge on any atom is -0.382 e. The lowest BCUT2D eigenvalue weighted by Gasteiger charge is -2.17. The fraction of sp³-hybridized carbons (Fsp3) is 0.815. The summed E-state index contributed by atoms with van der Waals surface area (Å²) < 4.78 is 36.2. The summed E-state index contributed by atoms with van der Waals surface area (Å²) in [5.41, 5.74) is 6.91. The molecule has 0 spiro atoms. The third-order valence-electron chi connectivity index (χ3n) is 6.35. The first kappa shape index (κ1) is 33.6. The molecular weight excluding hydrogens is 521 g/mol. The lowest BCUT2D eigenvalue weighted by molar-refractivity contribution is 0.0713. The zero-order chi connectivity index (χ0) is 28.2. The Balaban J connectivity index is 1.38. The van der Waals surface area contributed by atoms with Crippen molar-refractivity contribution < 1.29 is 28.2 Å². The molecule has 2 aromatic rings. The second-order valence-corrected chi connectivity index (χ2v) is 11.8. The SMILES string of the molecule is CCCCCCCCOCCCCCOCCCCCOP(=O)(O)CO[C@H](C)Cn1cnc2c(N)ncnc21. The normalized spacial score (nSPS) is 14.1. The zero-order valence-corrected chi connectivity index (χ0v) is 24.9. The Kier molecular flexibility index (Phi) is 17.5. The third kappa shape index (κ3) is 15.1. The maximum Gasteiger partial charge on any atom is 0.353 e. The van der Waals surface area contributed by atoms with E-state index in [0.717, 1.165) is 51.9 Å². The van der Waals surface area contributed by atoms with Crippen molar-refractivity contribution >= 4 is 24.6 Å². The number of imidazole rings is 1. The molecule has 2 heterocycles. The van der Waals surface area contributed by atoms with Gasteiger partial charge in [-0.15, -0.1) is 0 Å². The molecule has 0 aromatic carbocycles. The van der Waals surface area contributed by atoms with Crippen LogP contribution in [0.15, 0.2) is 12.7 Å². The van der Waals surface area contributed by atoms with Crippen LogP contribution in [0.3, 0.4) is 0 Å². The first-order valence-corrected chi connectivity index (χ1v) is 16.3. The number of hydrogen-bond acceptors (Lipinski definition) is 9. The molecule has 2 aromatic heterocycles. The van der Waals surface area contributed by atoms with Crippen molar-refractivity contribution in [2.24, 2.45) is 0 Å². The summed E-state index contributed by atoms with van der Waals surface area (Å²) in [6, 6.07) is 0. The molecule has 12 heteroatoms. The third-order valence-corrected chi connectivity index (χ3v) is 7.41. The lowest BCUT2D eigenvalue weighted by atomic mass is 10.1. The molecule has 0 saturated carbocycles. The van der Waals surface area contributed by atoms with Gasteiger partial charge in [0.1, 0.15) is 18.2 Å². The van der Waals surface area contributed by atoms with E-state index >= 15 is 0 Å². The summed E-state index contributed by atoms with van der Waals surface area (Å²) in [5.74, 6) is 0.308. The largest absolute Gasteiger partial charge is 0.382 e. The summed E-state index contributed by atoms with van der Waals surface area (Å²) in [6.45, 7) is 7.87. The van der Waals surface area contributed by atoms with Crippen LogP contribution in [0.1, 0.15) is 90.9 Å². The van der Waals surface area contributed by atoms with Gasteiger partial charge in [0.25, 0.3) is 0 Å². The maximum atomic E-state index is 12.3. The van der Waals surface area contributed by atoms with Gasteiger partial charge in [-0.25, -0.2) is 15.0 Å². The first-order valence-electron chi connectivity index (χ1n) is 14.6. The van der Waals surface area contributed by atoms with E-state index in [-0.39, 0.29) is 19.1 Å². The minimum absolute atomic E-state index is 0.215. The minimum atomic E-state index is -3.82. The van der Waals surface area contributed by atoms with Crippen molar-refractivity contribution in [1.29, 1.82) is 0 Å². The highest BCUT2D eigenvalue weighted by Crippen LogP contribution is 2.42. The number of fused-ring (bicyclic) bond motifs is 1. The van der Waals surface area contributed by atoms with E-state index in [1.54, 1.807) is 17.8 Å². The molecule has 1 unspecified atom stereocenters. The van der Waals surface area contributed by atoms with E-state index in [1.807, 2.05) is 0 Å². The quantitative estimate of drug-likeness (QED) is 0.112. The number of ether oxygens (including phenoxy) is 3. The Morgan fingerprint density at radius 2 is 1.44 bits per heavy atom. The predicted octanol–water partition coefficient (Wildman–Crippen LogP) is 5.71. The van der Waals surface area contributed by atoms with Crippen LogP contribution in [-0.2, 0) is 29.8 Å². The highest BCUT2D eigenvalue weighted by molar-refractivity contribution is 7.52. The zero-order valence-electron chi connectivity index (χ0n) is 24.0. The van der Waals surface area contributed by atoms with Crippen molar-refractivity contribution in [3.63, 3.8) is 0 Å². The average molecular weight is 572 g/mol. The smallest absolute Gasteiger partial charge is 0.353 e. The summed E-state index contributed by atoms with van der Waals surface area (Å²) in [4.78, 5) is 22.4. The van der Waals surface area contributed by atoms with Crippen LogP contribution in [-0.4, -0.2) is 69.9 Å². The van der Waals surface area contributed by atoms with Gasteiger partial charge in [0.15, 0.2) is 11.5 Å². The Morgan fingerprint density at radius 1 is 0.872 bits per heavy atom. The Labute approximate surface area is 233 Å². The monoisotopic (exact) mass is 571 g/mol. The van der Waals surface area contributed by atoms with Gasteiger partial charge in [-0.2, -0.15) is 0 Å². The molecule has 0 bridgehead atoms. The summed E-state index contributed by atoms with van der Waals surface area (Å²) in [6.07, 6.45) is 15.8. The topological polar surface area (TPSA) is 144 Å². The van der Waals surface area contributed by atoms with Crippen LogP contribution >= 0.6 is 7.60 Å². The van der Waals surface area contributed by atoms with E-state index in [0.29, 0.717) is 36.6 Å². The van der Waals surface area contributed by atoms with Crippen LogP contribution in [0.2, 0.25) is 0 Å². The molecule has 39 heavy (non-hydrogen) atoms. The van der Waals surface area contributed by atoms with E-state index in [4.69, 9.17) is 24.5 Å². The highest BCUT2D eigenvalue weighted by atomic mass is 31.2. The van der Waals surface area contributed by atoms with Crippen LogP contribution in [0.4, 0.5) is 5.82 Å². The fourth-order valence-corrected chi connectivity index (χ4v) is 5.02. The van der Waals surface area contributed by atoms with Gasteiger partial charge in [-0.3, -0.25) is 4.57 Å². The predicted molar refractivity (Wildman–Crippen MR) is 154 cm³/mol. The van der Waals surface area contributed by atoms with Gasteiger partial charge in [-0.05, 0) is 51.9 Å². The fourth-order valence-electron chi connectivity index (χ4n) is 4.08. The van der Waals surface area contributed by atoms with Gasteiger partial charge in [0, 0.05) is 26.4 Å². The number of aromatic nitrogens is 4. The number of unbranched alkanes of at least 4 members (excludes halogenated alkanes) is 9. The van der Waals surface area contributed by atoms with Gasteiger partial charge in [-0.1, -0.05) is 39.0 Å².